The second kappa shape index (κ2) is 4.86. The fraction of sp³-hybridized carbons (Fsp3) is 0. The number of hydrogen-bond acceptors (Lipinski definition) is 3. The Morgan fingerprint density at radius 3 is 2.68 bits per heavy atom. The molecule has 1 amide bonds. The van der Waals surface area contributed by atoms with E-state index in [1.165, 1.54) is 0 Å². The molecule has 2 heterocycles. The summed E-state index contributed by atoms with van der Waals surface area (Å²) in [6, 6.07) is 12.9. The summed E-state index contributed by atoms with van der Waals surface area (Å²) in [4.78, 5) is 20.5. The Morgan fingerprint density at radius 1 is 1.00 bits per heavy atom. The van der Waals surface area contributed by atoms with Crippen molar-refractivity contribution in [2.24, 2.45) is 0 Å². The predicted molar refractivity (Wildman–Crippen MR) is 73.9 cm³/mol. The second-order valence-corrected chi connectivity index (χ2v) is 4.08. The average molecular weight is 249 g/mol. The molecule has 4 nitrogen and oxygen atoms in total. The monoisotopic (exact) mass is 249 g/mol. The molecule has 0 aliphatic carbocycles. The lowest BCUT2D eigenvalue weighted by Gasteiger charge is -2.06. The molecule has 92 valence electrons. The molecule has 3 aromatic rings. The molecule has 0 aliphatic heterocycles. The van der Waals surface area contributed by atoms with Crippen LogP contribution in [0, 0.1) is 0 Å². The zero-order chi connectivity index (χ0) is 13.1. The van der Waals surface area contributed by atoms with Gasteiger partial charge in [-0.05, 0) is 24.3 Å². The number of carbonyl (C=O) groups excluding carboxylic acids is 1. The van der Waals surface area contributed by atoms with Crippen LogP contribution in [0.3, 0.4) is 0 Å². The number of hydrogen-bond donors (Lipinski definition) is 1. The van der Waals surface area contributed by atoms with Crippen LogP contribution >= 0.6 is 0 Å². The van der Waals surface area contributed by atoms with E-state index < -0.39 is 0 Å². The Labute approximate surface area is 110 Å². The molecule has 1 aromatic carbocycles. The van der Waals surface area contributed by atoms with Crippen molar-refractivity contribution in [2.75, 3.05) is 5.32 Å². The maximum absolute atomic E-state index is 12.2. The van der Waals surface area contributed by atoms with Gasteiger partial charge in [-0.3, -0.25) is 14.8 Å². The molecule has 3 rings (SSSR count). The van der Waals surface area contributed by atoms with Gasteiger partial charge < -0.3 is 5.32 Å². The van der Waals surface area contributed by atoms with Gasteiger partial charge in [0.1, 0.15) is 0 Å². The van der Waals surface area contributed by atoms with E-state index >= 15 is 0 Å². The number of anilines is 1. The van der Waals surface area contributed by atoms with Crippen LogP contribution in [0.4, 0.5) is 5.69 Å². The number of para-hydroxylation sites is 1. The van der Waals surface area contributed by atoms with Crippen LogP contribution in [-0.2, 0) is 0 Å². The van der Waals surface area contributed by atoms with E-state index in [-0.39, 0.29) is 5.91 Å². The van der Waals surface area contributed by atoms with Crippen molar-refractivity contribution in [3.8, 4) is 0 Å². The molecule has 0 radical (unpaired) electrons. The van der Waals surface area contributed by atoms with Gasteiger partial charge in [-0.15, -0.1) is 0 Å². The minimum Gasteiger partial charge on any atom is -0.321 e. The fourth-order valence-corrected chi connectivity index (χ4v) is 1.92. The zero-order valence-electron chi connectivity index (χ0n) is 10.1. The van der Waals surface area contributed by atoms with Crippen LogP contribution in [0.5, 0.6) is 0 Å². The molecular weight excluding hydrogens is 238 g/mol. The number of amides is 1. The Kier molecular flexibility index (Phi) is 2.90. The maximum atomic E-state index is 12.2. The lowest BCUT2D eigenvalue weighted by molar-refractivity contribution is 0.102. The van der Waals surface area contributed by atoms with E-state index in [4.69, 9.17) is 0 Å². The van der Waals surface area contributed by atoms with Crippen LogP contribution in [-0.4, -0.2) is 15.9 Å². The van der Waals surface area contributed by atoms with Crippen molar-refractivity contribution in [2.45, 2.75) is 0 Å². The van der Waals surface area contributed by atoms with Gasteiger partial charge in [0.05, 0.1) is 23.0 Å². The van der Waals surface area contributed by atoms with Crippen molar-refractivity contribution >= 4 is 22.5 Å². The molecular formula is C15H11N3O. The molecule has 0 saturated carbocycles. The Hall–Kier alpha value is -2.75. The lowest BCUT2D eigenvalue weighted by Crippen LogP contribution is -2.12. The summed E-state index contributed by atoms with van der Waals surface area (Å²) >= 11 is 0. The van der Waals surface area contributed by atoms with Crippen molar-refractivity contribution in [3.63, 3.8) is 0 Å². The van der Waals surface area contributed by atoms with Crippen LogP contribution < -0.4 is 5.32 Å². The number of pyridine rings is 2. The van der Waals surface area contributed by atoms with Crippen molar-refractivity contribution < 1.29 is 4.79 Å². The molecule has 0 aliphatic rings. The van der Waals surface area contributed by atoms with Crippen LogP contribution in [0.15, 0.2) is 61.1 Å². The zero-order valence-corrected chi connectivity index (χ0v) is 10.1. The molecule has 0 atom stereocenters. The number of aromatic nitrogens is 2. The number of nitrogens with one attached hydrogen (secondary N) is 1. The van der Waals surface area contributed by atoms with Crippen molar-refractivity contribution in [3.05, 3.63) is 66.6 Å². The molecule has 0 unspecified atom stereocenters. The second-order valence-electron chi connectivity index (χ2n) is 4.08. The molecule has 4 heteroatoms. The highest BCUT2D eigenvalue weighted by atomic mass is 16.1. The standard InChI is InChI=1S/C15H11N3O/c19-15(18-12-6-3-8-16-10-12)13-7-1-4-11-5-2-9-17-14(11)13/h1-10H,(H,18,19). The third-order valence-electron chi connectivity index (χ3n) is 2.80. The minimum absolute atomic E-state index is 0.183. The van der Waals surface area contributed by atoms with E-state index in [2.05, 4.69) is 15.3 Å². The van der Waals surface area contributed by atoms with Crippen LogP contribution in [0.25, 0.3) is 10.9 Å². The first-order valence-electron chi connectivity index (χ1n) is 5.90. The van der Waals surface area contributed by atoms with Crippen molar-refractivity contribution in [1.82, 2.24) is 9.97 Å². The van der Waals surface area contributed by atoms with Crippen molar-refractivity contribution in [1.29, 1.82) is 0 Å². The topological polar surface area (TPSA) is 54.9 Å². The van der Waals surface area contributed by atoms with E-state index in [0.717, 1.165) is 5.39 Å². The fourth-order valence-electron chi connectivity index (χ4n) is 1.92. The highest BCUT2D eigenvalue weighted by Gasteiger charge is 2.10. The number of fused-ring (bicyclic) bond motifs is 1. The summed E-state index contributed by atoms with van der Waals surface area (Å²) in [6.45, 7) is 0. The highest BCUT2D eigenvalue weighted by molar-refractivity contribution is 6.11. The maximum Gasteiger partial charge on any atom is 0.257 e. The normalized spacial score (nSPS) is 10.3. The summed E-state index contributed by atoms with van der Waals surface area (Å²) in [5.41, 5.74) is 1.92. The molecule has 0 saturated heterocycles. The first-order chi connectivity index (χ1) is 9.34. The molecule has 1 N–H and O–H groups in total. The van der Waals surface area contributed by atoms with Gasteiger partial charge in [-0.2, -0.15) is 0 Å². The van der Waals surface area contributed by atoms with Crippen LogP contribution in [0.1, 0.15) is 10.4 Å². The summed E-state index contributed by atoms with van der Waals surface area (Å²) in [5.74, 6) is -0.183. The number of rotatable bonds is 2. The van der Waals surface area contributed by atoms with Gasteiger partial charge in [-0.1, -0.05) is 18.2 Å². The Balaban J connectivity index is 1.98. The van der Waals surface area contributed by atoms with Gasteiger partial charge in [-0.25, -0.2) is 0 Å². The van der Waals surface area contributed by atoms with E-state index in [0.29, 0.717) is 16.8 Å². The van der Waals surface area contributed by atoms with Crippen LogP contribution in [0.2, 0.25) is 0 Å². The first kappa shape index (κ1) is 11.3. The number of carbonyl (C=O) groups is 1. The quantitative estimate of drug-likeness (QED) is 0.759. The predicted octanol–water partition coefficient (Wildman–Crippen LogP) is 2.88. The van der Waals surface area contributed by atoms with Gasteiger partial charge in [0.2, 0.25) is 0 Å². The lowest BCUT2D eigenvalue weighted by atomic mass is 10.1. The molecule has 2 aromatic heterocycles. The Bertz CT molecular complexity index is 720. The van der Waals surface area contributed by atoms with E-state index in [1.54, 1.807) is 36.8 Å². The van der Waals surface area contributed by atoms with E-state index in [9.17, 15) is 4.79 Å². The molecule has 19 heavy (non-hydrogen) atoms. The molecule has 0 fully saturated rings. The highest BCUT2D eigenvalue weighted by Crippen LogP contribution is 2.17. The van der Waals surface area contributed by atoms with Gasteiger partial charge >= 0.3 is 0 Å². The number of benzene rings is 1. The van der Waals surface area contributed by atoms with E-state index in [1.807, 2.05) is 24.3 Å². The first-order valence-corrected chi connectivity index (χ1v) is 5.90. The minimum atomic E-state index is -0.183. The third kappa shape index (κ3) is 2.28. The number of nitrogens with zero attached hydrogens (tertiary/aromatic N) is 2. The molecule has 0 bridgehead atoms. The van der Waals surface area contributed by atoms with Gasteiger partial charge in [0.15, 0.2) is 0 Å². The Morgan fingerprint density at radius 2 is 1.84 bits per heavy atom. The summed E-state index contributed by atoms with van der Waals surface area (Å²) < 4.78 is 0. The smallest absolute Gasteiger partial charge is 0.257 e. The van der Waals surface area contributed by atoms with Gasteiger partial charge in [0.25, 0.3) is 5.91 Å². The molecule has 0 spiro atoms. The summed E-state index contributed by atoms with van der Waals surface area (Å²) in [6.07, 6.45) is 4.95. The summed E-state index contributed by atoms with van der Waals surface area (Å²) in [5, 5.41) is 3.75. The SMILES string of the molecule is O=C(Nc1cccnc1)c1cccc2cccnc12. The summed E-state index contributed by atoms with van der Waals surface area (Å²) in [7, 11) is 0. The largest absolute Gasteiger partial charge is 0.321 e. The third-order valence-corrected chi connectivity index (χ3v) is 2.80. The average Bonchev–Trinajstić information content (AvgIpc) is 2.47. The van der Waals surface area contributed by atoms with Gasteiger partial charge in [0, 0.05) is 17.8 Å².